The van der Waals surface area contributed by atoms with Gasteiger partial charge in [-0.15, -0.1) is 0 Å². The second-order valence-corrected chi connectivity index (χ2v) is 9.08. The van der Waals surface area contributed by atoms with Crippen LogP contribution < -0.4 is 9.62 Å². The van der Waals surface area contributed by atoms with Gasteiger partial charge in [-0.05, 0) is 47.7 Å². The number of fused-ring (bicyclic) bond motifs is 1. The summed E-state index contributed by atoms with van der Waals surface area (Å²) in [6.07, 6.45) is -2.91. The molecule has 0 saturated carbocycles. The van der Waals surface area contributed by atoms with Crippen LogP contribution in [-0.2, 0) is 39.1 Å². The minimum Gasteiger partial charge on any atom is -0.367 e. The zero-order chi connectivity index (χ0) is 22.6. The molecule has 1 aliphatic rings. The summed E-state index contributed by atoms with van der Waals surface area (Å²) >= 11 is 0. The van der Waals surface area contributed by atoms with Crippen LogP contribution in [0.2, 0.25) is 0 Å². The molecule has 2 aromatic carbocycles. The van der Waals surface area contributed by atoms with E-state index in [4.69, 9.17) is 0 Å². The summed E-state index contributed by atoms with van der Waals surface area (Å²) in [6, 6.07) is 11.2. The van der Waals surface area contributed by atoms with Gasteiger partial charge in [0, 0.05) is 25.7 Å². The quantitative estimate of drug-likeness (QED) is 0.692. The second kappa shape index (κ2) is 9.37. The van der Waals surface area contributed by atoms with Gasteiger partial charge in [-0.2, -0.15) is 13.2 Å². The number of halogens is 3. The highest BCUT2D eigenvalue weighted by atomic mass is 32.2. The average Bonchev–Trinajstić information content (AvgIpc) is 2.71. The predicted octanol–water partition coefficient (Wildman–Crippen LogP) is 3.54. The molecular formula is C21H23F3N2O4S. The van der Waals surface area contributed by atoms with Crippen LogP contribution in [0.1, 0.15) is 30.0 Å². The second-order valence-electron chi connectivity index (χ2n) is 7.31. The number of rotatable bonds is 7. The molecule has 0 saturated heterocycles. The number of aryl methyl sites for hydroxylation is 1. The van der Waals surface area contributed by atoms with Crippen molar-refractivity contribution in [3.05, 3.63) is 59.2 Å². The Morgan fingerprint density at radius 3 is 2.45 bits per heavy atom. The van der Waals surface area contributed by atoms with Crippen LogP contribution in [0.3, 0.4) is 0 Å². The summed E-state index contributed by atoms with van der Waals surface area (Å²) in [5.74, 6) is -0.0815. The molecule has 168 valence electrons. The summed E-state index contributed by atoms with van der Waals surface area (Å²) in [6.45, 7) is 0.624. The van der Waals surface area contributed by atoms with E-state index in [0.29, 0.717) is 24.1 Å². The fourth-order valence-electron chi connectivity index (χ4n) is 3.37. The van der Waals surface area contributed by atoms with Crippen LogP contribution in [0.25, 0.3) is 0 Å². The van der Waals surface area contributed by atoms with Crippen molar-refractivity contribution in [2.75, 3.05) is 18.1 Å². The Kier molecular flexibility index (Phi) is 7.03. The van der Waals surface area contributed by atoms with Crippen LogP contribution in [0, 0.1) is 0 Å². The molecule has 1 amide bonds. The minimum atomic E-state index is -4.38. The molecule has 10 heteroatoms. The number of alkyl halides is 3. The molecule has 0 bridgehead atoms. The molecule has 1 N–H and O–H groups in total. The third-order valence-corrected chi connectivity index (χ3v) is 6.28. The summed E-state index contributed by atoms with van der Waals surface area (Å²) in [5, 5.41) is 0. The van der Waals surface area contributed by atoms with Crippen LogP contribution >= 0.6 is 0 Å². The Morgan fingerprint density at radius 2 is 1.81 bits per heavy atom. The van der Waals surface area contributed by atoms with Gasteiger partial charge in [-0.1, -0.05) is 24.3 Å². The molecule has 0 atom stereocenters. The number of hydrogen-bond acceptors (Lipinski definition) is 4. The number of nitrogens with zero attached hydrogens (tertiary/aromatic N) is 1. The van der Waals surface area contributed by atoms with Crippen molar-refractivity contribution in [1.29, 1.82) is 0 Å². The van der Waals surface area contributed by atoms with Crippen molar-refractivity contribution in [2.45, 2.75) is 44.0 Å². The highest BCUT2D eigenvalue weighted by Crippen LogP contribution is 2.29. The van der Waals surface area contributed by atoms with Gasteiger partial charge >= 0.3 is 6.18 Å². The summed E-state index contributed by atoms with van der Waals surface area (Å²) in [7, 11) is -3.77. The molecular weight excluding hydrogens is 433 g/mol. The molecule has 0 spiro atoms. The predicted molar refractivity (Wildman–Crippen MR) is 109 cm³/mol. The fourth-order valence-corrected chi connectivity index (χ4v) is 4.44. The van der Waals surface area contributed by atoms with Crippen molar-refractivity contribution in [1.82, 2.24) is 4.72 Å². The Morgan fingerprint density at radius 1 is 1.13 bits per heavy atom. The van der Waals surface area contributed by atoms with Gasteiger partial charge in [-0.3, -0.25) is 4.79 Å². The Bertz CT molecular complexity index is 1040. The number of hydrogen-bond donors (Lipinski definition) is 1. The summed E-state index contributed by atoms with van der Waals surface area (Å²) in [4.78, 5) is 13.5. The van der Waals surface area contributed by atoms with Gasteiger partial charge in [0.05, 0.1) is 11.5 Å². The Labute approximate surface area is 179 Å². The third kappa shape index (κ3) is 6.28. The smallest absolute Gasteiger partial charge is 0.367 e. The molecule has 0 aliphatic carbocycles. The van der Waals surface area contributed by atoms with Crippen molar-refractivity contribution in [2.24, 2.45) is 0 Å². The standard InChI is InChI=1S/C21H23F3N2O4S/c1-15(27)26-10-2-3-18-11-19(8-9-20(18)26)31(28,29)25-12-16-4-6-17(7-5-16)13-30-14-21(22,23)24/h4-9,11,25H,2-3,10,12-14H2,1H3. The lowest BCUT2D eigenvalue weighted by molar-refractivity contribution is -0.176. The Hall–Kier alpha value is -2.43. The molecule has 0 aromatic heterocycles. The van der Waals surface area contributed by atoms with Crippen LogP contribution in [0.4, 0.5) is 18.9 Å². The maximum absolute atomic E-state index is 12.7. The highest BCUT2D eigenvalue weighted by molar-refractivity contribution is 7.89. The maximum Gasteiger partial charge on any atom is 0.411 e. The van der Waals surface area contributed by atoms with E-state index in [1.165, 1.54) is 13.0 Å². The van der Waals surface area contributed by atoms with Crippen LogP contribution in [0.5, 0.6) is 0 Å². The molecule has 3 rings (SSSR count). The highest BCUT2D eigenvalue weighted by Gasteiger charge is 2.27. The van der Waals surface area contributed by atoms with Gasteiger partial charge in [0.25, 0.3) is 0 Å². The zero-order valence-corrected chi connectivity index (χ0v) is 17.7. The van der Waals surface area contributed by atoms with E-state index >= 15 is 0 Å². The van der Waals surface area contributed by atoms with E-state index < -0.39 is 22.8 Å². The third-order valence-electron chi connectivity index (χ3n) is 4.88. The van der Waals surface area contributed by atoms with E-state index in [9.17, 15) is 26.4 Å². The van der Waals surface area contributed by atoms with Crippen molar-refractivity contribution >= 4 is 21.6 Å². The lowest BCUT2D eigenvalue weighted by Gasteiger charge is -2.28. The average molecular weight is 456 g/mol. The molecule has 0 radical (unpaired) electrons. The minimum absolute atomic E-state index is 0.0304. The topological polar surface area (TPSA) is 75.7 Å². The van der Waals surface area contributed by atoms with Crippen molar-refractivity contribution in [3.63, 3.8) is 0 Å². The first-order valence-corrected chi connectivity index (χ1v) is 11.2. The van der Waals surface area contributed by atoms with Crippen molar-refractivity contribution < 1.29 is 31.1 Å². The first-order chi connectivity index (χ1) is 14.5. The zero-order valence-electron chi connectivity index (χ0n) is 16.9. The van der Waals surface area contributed by atoms with E-state index in [2.05, 4.69) is 9.46 Å². The number of carbonyl (C=O) groups excluding carboxylic acids is 1. The molecule has 31 heavy (non-hydrogen) atoms. The van der Waals surface area contributed by atoms with E-state index in [1.54, 1.807) is 41.3 Å². The fraction of sp³-hybridized carbons (Fsp3) is 0.381. The lowest BCUT2D eigenvalue weighted by Crippen LogP contribution is -2.33. The largest absolute Gasteiger partial charge is 0.411 e. The molecule has 0 fully saturated rings. The number of amides is 1. The number of carbonyl (C=O) groups is 1. The Balaban J connectivity index is 1.62. The van der Waals surface area contributed by atoms with Gasteiger partial charge < -0.3 is 9.64 Å². The van der Waals surface area contributed by atoms with E-state index in [1.807, 2.05) is 0 Å². The van der Waals surface area contributed by atoms with Gasteiger partial charge in [0.2, 0.25) is 15.9 Å². The number of nitrogens with one attached hydrogen (secondary N) is 1. The van der Waals surface area contributed by atoms with E-state index in [0.717, 1.165) is 17.7 Å². The summed E-state index contributed by atoms with van der Waals surface area (Å²) in [5.41, 5.74) is 2.76. The molecule has 1 aliphatic heterocycles. The van der Waals surface area contributed by atoms with Crippen LogP contribution in [-0.4, -0.2) is 33.7 Å². The molecule has 1 heterocycles. The first-order valence-electron chi connectivity index (χ1n) is 9.68. The monoisotopic (exact) mass is 456 g/mol. The van der Waals surface area contributed by atoms with Gasteiger partial charge in [-0.25, -0.2) is 13.1 Å². The SMILES string of the molecule is CC(=O)N1CCCc2cc(S(=O)(=O)NCc3ccc(COCC(F)(F)F)cc3)ccc21. The van der Waals surface area contributed by atoms with Crippen molar-refractivity contribution in [3.8, 4) is 0 Å². The maximum atomic E-state index is 12.7. The normalized spacial score (nSPS) is 14.4. The van der Waals surface area contributed by atoms with E-state index in [-0.39, 0.29) is 24.0 Å². The van der Waals surface area contributed by atoms with Gasteiger partial charge in [0.15, 0.2) is 0 Å². The summed E-state index contributed by atoms with van der Waals surface area (Å²) < 4.78 is 68.9. The number of benzene rings is 2. The lowest BCUT2D eigenvalue weighted by atomic mass is 10.0. The number of ether oxygens (including phenoxy) is 1. The molecule has 6 nitrogen and oxygen atoms in total. The molecule has 0 unspecified atom stereocenters. The van der Waals surface area contributed by atoms with Gasteiger partial charge in [0.1, 0.15) is 6.61 Å². The number of anilines is 1. The molecule has 2 aromatic rings. The number of sulfonamides is 1. The van der Waals surface area contributed by atoms with Crippen LogP contribution in [0.15, 0.2) is 47.4 Å². The first kappa shape index (κ1) is 23.2.